The summed E-state index contributed by atoms with van der Waals surface area (Å²) in [6, 6.07) is 13.7. The zero-order valence-electron chi connectivity index (χ0n) is 16.5. The minimum atomic E-state index is -1.01. The maximum Gasteiger partial charge on any atom is 0.344 e. The lowest BCUT2D eigenvalue weighted by Gasteiger charge is -2.15. The number of esters is 1. The molecule has 0 spiro atoms. The van der Waals surface area contributed by atoms with Crippen molar-refractivity contribution in [1.82, 2.24) is 0 Å². The van der Waals surface area contributed by atoms with Crippen molar-refractivity contribution in [3.63, 3.8) is 0 Å². The summed E-state index contributed by atoms with van der Waals surface area (Å²) in [4.78, 5) is 24.2. The number of nitrogens with one attached hydrogen (secondary N) is 1. The maximum atomic E-state index is 12.2. The fourth-order valence-electron chi connectivity index (χ4n) is 2.39. The molecule has 2 aromatic carbocycles. The first-order valence-electron chi connectivity index (χ1n) is 8.91. The number of allylic oxidation sites excluding steroid dienone is 1. The third kappa shape index (κ3) is 6.40. The molecule has 0 bridgehead atoms. The van der Waals surface area contributed by atoms with E-state index in [0.717, 1.165) is 5.56 Å². The first-order valence-corrected chi connectivity index (χ1v) is 8.91. The molecule has 0 aliphatic heterocycles. The Balaban J connectivity index is 1.88. The second-order valence-corrected chi connectivity index (χ2v) is 6.01. The minimum absolute atomic E-state index is 0.367. The van der Waals surface area contributed by atoms with Gasteiger partial charge in [0.15, 0.2) is 24.2 Å². The normalized spacial score (nSPS) is 11.4. The molecule has 0 saturated carbocycles. The van der Waals surface area contributed by atoms with Crippen molar-refractivity contribution < 1.29 is 23.8 Å². The summed E-state index contributed by atoms with van der Waals surface area (Å²) in [7, 11) is 1.51. The van der Waals surface area contributed by atoms with Crippen LogP contribution in [-0.2, 0) is 14.3 Å². The Morgan fingerprint density at radius 1 is 1.17 bits per heavy atom. The molecule has 0 radical (unpaired) electrons. The summed E-state index contributed by atoms with van der Waals surface area (Å²) in [5.74, 6) is -0.296. The van der Waals surface area contributed by atoms with Crippen molar-refractivity contribution in [3.8, 4) is 17.6 Å². The number of hydrogen-bond acceptors (Lipinski definition) is 6. The molecule has 0 aliphatic carbocycles. The van der Waals surface area contributed by atoms with Gasteiger partial charge in [0.1, 0.15) is 0 Å². The summed E-state index contributed by atoms with van der Waals surface area (Å²) in [6.45, 7) is 3.00. The van der Waals surface area contributed by atoms with Gasteiger partial charge in [-0.25, -0.2) is 4.79 Å². The number of rotatable bonds is 8. The molecule has 0 unspecified atom stereocenters. The van der Waals surface area contributed by atoms with Crippen molar-refractivity contribution >= 4 is 23.6 Å². The average Bonchev–Trinajstić information content (AvgIpc) is 2.73. The van der Waals surface area contributed by atoms with Crippen LogP contribution in [-0.4, -0.2) is 31.7 Å². The van der Waals surface area contributed by atoms with Crippen LogP contribution in [0.25, 0.3) is 6.08 Å². The molecule has 0 aliphatic rings. The Morgan fingerprint density at radius 3 is 2.52 bits per heavy atom. The van der Waals surface area contributed by atoms with Crippen LogP contribution in [0.1, 0.15) is 25.0 Å². The third-order valence-corrected chi connectivity index (χ3v) is 3.85. The van der Waals surface area contributed by atoms with Crippen LogP contribution in [0.5, 0.6) is 11.5 Å². The van der Waals surface area contributed by atoms with Crippen molar-refractivity contribution in [2.45, 2.75) is 20.0 Å². The summed E-state index contributed by atoms with van der Waals surface area (Å²) in [5.41, 5.74) is 1.92. The highest BCUT2D eigenvalue weighted by molar-refractivity contribution is 5.95. The van der Waals surface area contributed by atoms with Gasteiger partial charge in [0.05, 0.1) is 18.7 Å². The average molecular weight is 394 g/mol. The first-order chi connectivity index (χ1) is 14.0. The highest BCUT2D eigenvalue weighted by Crippen LogP contribution is 2.28. The Morgan fingerprint density at radius 2 is 1.90 bits per heavy atom. The number of ether oxygens (including phenoxy) is 3. The number of nitrogens with zero attached hydrogens (tertiary/aromatic N) is 1. The van der Waals surface area contributed by atoms with Crippen molar-refractivity contribution in [2.24, 2.45) is 0 Å². The van der Waals surface area contributed by atoms with Crippen LogP contribution in [0.4, 0.5) is 5.69 Å². The topological polar surface area (TPSA) is 97.6 Å². The standard InChI is InChI=1S/C22H22N2O5/c1-4-5-16-8-11-19(20(12-16)27-3)28-14-21(25)29-15(2)22(26)24-18-9-6-17(13-23)7-10-18/h4-12,15H,14H2,1-3H3,(H,24,26)/b5-4+/t15-/m1/s1. The predicted molar refractivity (Wildman–Crippen MR) is 109 cm³/mol. The van der Waals surface area contributed by atoms with Crippen LogP contribution in [0.15, 0.2) is 48.5 Å². The molecule has 0 fully saturated rings. The van der Waals surface area contributed by atoms with E-state index in [0.29, 0.717) is 22.7 Å². The lowest BCUT2D eigenvalue weighted by molar-refractivity contribution is -0.155. The number of carbonyl (C=O) groups excluding carboxylic acids is 2. The molecule has 1 N–H and O–H groups in total. The quantitative estimate of drug-likeness (QED) is 0.688. The molecule has 0 saturated heterocycles. The third-order valence-electron chi connectivity index (χ3n) is 3.85. The molecule has 0 heterocycles. The molecule has 0 aromatic heterocycles. The molecular formula is C22H22N2O5. The van der Waals surface area contributed by atoms with Crippen LogP contribution in [0.3, 0.4) is 0 Å². The molecule has 2 rings (SSSR count). The predicted octanol–water partition coefficient (Wildman–Crippen LogP) is 3.55. The number of benzene rings is 2. The number of amides is 1. The molecule has 2 aromatic rings. The van der Waals surface area contributed by atoms with Gasteiger partial charge in [-0.2, -0.15) is 5.26 Å². The smallest absolute Gasteiger partial charge is 0.344 e. The van der Waals surface area contributed by atoms with Crippen molar-refractivity contribution in [1.29, 1.82) is 5.26 Å². The van der Waals surface area contributed by atoms with Gasteiger partial charge >= 0.3 is 5.97 Å². The largest absolute Gasteiger partial charge is 0.493 e. The maximum absolute atomic E-state index is 12.2. The zero-order chi connectivity index (χ0) is 21.2. The van der Waals surface area contributed by atoms with E-state index in [4.69, 9.17) is 19.5 Å². The summed E-state index contributed by atoms with van der Waals surface area (Å²) < 4.78 is 15.8. The van der Waals surface area contributed by atoms with Gasteiger partial charge in [-0.15, -0.1) is 0 Å². The molecular weight excluding hydrogens is 372 g/mol. The van der Waals surface area contributed by atoms with Crippen LogP contribution in [0.2, 0.25) is 0 Å². The van der Waals surface area contributed by atoms with E-state index in [1.807, 2.05) is 31.2 Å². The van der Waals surface area contributed by atoms with Gasteiger partial charge in [-0.1, -0.05) is 18.2 Å². The Hall–Kier alpha value is -3.79. The molecule has 29 heavy (non-hydrogen) atoms. The first kappa shape index (κ1) is 21.5. The Kier molecular flexibility index (Phi) is 7.80. The van der Waals surface area contributed by atoms with Gasteiger partial charge in [0.25, 0.3) is 5.91 Å². The van der Waals surface area contributed by atoms with Crippen LogP contribution < -0.4 is 14.8 Å². The zero-order valence-corrected chi connectivity index (χ0v) is 16.5. The second kappa shape index (κ2) is 10.5. The fourth-order valence-corrected chi connectivity index (χ4v) is 2.39. The van der Waals surface area contributed by atoms with E-state index < -0.39 is 18.0 Å². The molecule has 7 heteroatoms. The lowest BCUT2D eigenvalue weighted by Crippen LogP contribution is -2.31. The van der Waals surface area contributed by atoms with E-state index in [1.165, 1.54) is 14.0 Å². The fraction of sp³-hybridized carbons (Fsp3) is 0.227. The van der Waals surface area contributed by atoms with Gasteiger partial charge in [-0.3, -0.25) is 4.79 Å². The summed E-state index contributed by atoms with van der Waals surface area (Å²) in [5, 5.41) is 11.4. The Bertz CT molecular complexity index is 929. The number of carbonyl (C=O) groups is 2. The number of hydrogen-bond donors (Lipinski definition) is 1. The molecule has 1 amide bonds. The van der Waals surface area contributed by atoms with E-state index in [-0.39, 0.29) is 6.61 Å². The summed E-state index contributed by atoms with van der Waals surface area (Å²) in [6.07, 6.45) is 2.80. The lowest BCUT2D eigenvalue weighted by atomic mass is 10.2. The van der Waals surface area contributed by atoms with Crippen LogP contribution >= 0.6 is 0 Å². The van der Waals surface area contributed by atoms with Crippen molar-refractivity contribution in [3.05, 3.63) is 59.7 Å². The van der Waals surface area contributed by atoms with Crippen LogP contribution in [0, 0.1) is 11.3 Å². The molecule has 150 valence electrons. The number of nitriles is 1. The molecule has 7 nitrogen and oxygen atoms in total. The Labute approximate surface area is 169 Å². The van der Waals surface area contributed by atoms with Crippen molar-refractivity contribution in [2.75, 3.05) is 19.0 Å². The van der Waals surface area contributed by atoms with E-state index in [2.05, 4.69) is 5.32 Å². The highest BCUT2D eigenvalue weighted by Gasteiger charge is 2.19. The van der Waals surface area contributed by atoms with Gasteiger partial charge < -0.3 is 19.5 Å². The monoisotopic (exact) mass is 394 g/mol. The van der Waals surface area contributed by atoms with Gasteiger partial charge in [0, 0.05) is 5.69 Å². The van der Waals surface area contributed by atoms with Gasteiger partial charge in [-0.05, 0) is 55.8 Å². The minimum Gasteiger partial charge on any atom is -0.493 e. The number of anilines is 1. The SMILES string of the molecule is C/C=C/c1ccc(OCC(=O)O[C@H](C)C(=O)Nc2ccc(C#N)cc2)c(OC)c1. The summed E-state index contributed by atoms with van der Waals surface area (Å²) >= 11 is 0. The highest BCUT2D eigenvalue weighted by atomic mass is 16.6. The van der Waals surface area contributed by atoms with E-state index in [1.54, 1.807) is 36.4 Å². The van der Waals surface area contributed by atoms with E-state index >= 15 is 0 Å². The molecule has 1 atom stereocenters. The number of methoxy groups -OCH3 is 1. The second-order valence-electron chi connectivity index (χ2n) is 6.01. The van der Waals surface area contributed by atoms with E-state index in [9.17, 15) is 9.59 Å². The van der Waals surface area contributed by atoms with Gasteiger partial charge in [0.2, 0.25) is 0 Å².